The highest BCUT2D eigenvalue weighted by Gasteiger charge is 2.33. The van der Waals surface area contributed by atoms with E-state index in [2.05, 4.69) is 0 Å². The van der Waals surface area contributed by atoms with Gasteiger partial charge in [0, 0.05) is 34.8 Å². The Morgan fingerprint density at radius 1 is 1.33 bits per heavy atom. The van der Waals surface area contributed by atoms with Crippen molar-refractivity contribution < 1.29 is 19.6 Å². The van der Waals surface area contributed by atoms with Crippen LogP contribution in [-0.2, 0) is 4.79 Å². The van der Waals surface area contributed by atoms with Gasteiger partial charge in [-0.3, -0.25) is 19.7 Å². The van der Waals surface area contributed by atoms with E-state index in [1.807, 2.05) is 6.92 Å². The van der Waals surface area contributed by atoms with Crippen LogP contribution >= 0.6 is 11.3 Å². The van der Waals surface area contributed by atoms with Gasteiger partial charge in [0.2, 0.25) is 0 Å². The van der Waals surface area contributed by atoms with Gasteiger partial charge in [0.15, 0.2) is 0 Å². The van der Waals surface area contributed by atoms with Crippen molar-refractivity contribution in [3.8, 4) is 0 Å². The maximum Gasteiger partial charge on any atom is 0.308 e. The molecular formula is C16H16N2O5S. The number of hydrogen-bond donors (Lipinski definition) is 1. The first kappa shape index (κ1) is 16.4. The van der Waals surface area contributed by atoms with Gasteiger partial charge in [-0.25, -0.2) is 0 Å². The number of likely N-dealkylation sites (tertiary alicyclic amines) is 1. The number of carbonyl (C=O) groups is 2. The number of thiophene rings is 1. The Morgan fingerprint density at radius 3 is 2.75 bits per heavy atom. The van der Waals surface area contributed by atoms with Crippen molar-refractivity contribution >= 4 is 39.0 Å². The summed E-state index contributed by atoms with van der Waals surface area (Å²) in [6.07, 6.45) is 1.22. The first-order valence-corrected chi connectivity index (χ1v) is 8.40. The Bertz CT molecular complexity index is 831. The third kappa shape index (κ3) is 2.96. The lowest BCUT2D eigenvalue weighted by Gasteiger charge is -2.36. The number of hydrogen-bond acceptors (Lipinski definition) is 5. The first-order valence-electron chi connectivity index (χ1n) is 7.58. The highest BCUT2D eigenvalue weighted by Crippen LogP contribution is 2.31. The van der Waals surface area contributed by atoms with Crippen molar-refractivity contribution in [1.82, 2.24) is 4.90 Å². The molecule has 0 bridgehead atoms. The van der Waals surface area contributed by atoms with Crippen LogP contribution in [0.4, 0.5) is 5.69 Å². The van der Waals surface area contributed by atoms with E-state index < -0.39 is 16.8 Å². The molecule has 2 heterocycles. The van der Waals surface area contributed by atoms with E-state index in [1.54, 1.807) is 17.0 Å². The van der Waals surface area contributed by atoms with E-state index in [-0.39, 0.29) is 24.2 Å². The van der Waals surface area contributed by atoms with E-state index in [9.17, 15) is 24.8 Å². The molecule has 0 spiro atoms. The van der Waals surface area contributed by atoms with Gasteiger partial charge >= 0.3 is 5.97 Å². The second-order valence-corrected chi connectivity index (χ2v) is 7.09. The Kier molecular flexibility index (Phi) is 4.23. The van der Waals surface area contributed by atoms with Crippen molar-refractivity contribution in [2.45, 2.75) is 25.8 Å². The van der Waals surface area contributed by atoms with Crippen LogP contribution in [-0.4, -0.2) is 39.4 Å². The second kappa shape index (κ2) is 6.20. The number of benzene rings is 1. The zero-order valence-electron chi connectivity index (χ0n) is 13.0. The number of nitrogens with zero attached hydrogens (tertiary/aromatic N) is 2. The summed E-state index contributed by atoms with van der Waals surface area (Å²) in [6, 6.07) is 6.12. The van der Waals surface area contributed by atoms with E-state index in [4.69, 9.17) is 0 Å². The molecule has 0 aliphatic carbocycles. The Balaban J connectivity index is 1.89. The average Bonchev–Trinajstić information content (AvgIpc) is 2.97. The zero-order valence-corrected chi connectivity index (χ0v) is 13.8. The third-order valence-electron chi connectivity index (χ3n) is 4.41. The minimum Gasteiger partial charge on any atom is -0.481 e. The maximum atomic E-state index is 12.8. The molecule has 1 aromatic carbocycles. The molecule has 24 heavy (non-hydrogen) atoms. The summed E-state index contributed by atoms with van der Waals surface area (Å²) in [5, 5.41) is 20.7. The average molecular weight is 348 g/mol. The standard InChI is InChI=1S/C16H16N2O5S/c1-9-2-3-10(16(20)21)8-17(9)15(19)14-7-11-6-12(18(22)23)4-5-13(11)24-14/h4-7,9-10H,2-3,8H2,1H3,(H,20,21). The number of piperidine rings is 1. The van der Waals surface area contributed by atoms with E-state index in [1.165, 1.54) is 23.5 Å². The number of carbonyl (C=O) groups excluding carboxylic acids is 1. The van der Waals surface area contributed by atoms with Crippen LogP contribution < -0.4 is 0 Å². The zero-order chi connectivity index (χ0) is 17.4. The van der Waals surface area contributed by atoms with Crippen LogP contribution in [0.2, 0.25) is 0 Å². The van der Waals surface area contributed by atoms with E-state index in [0.717, 1.165) is 4.70 Å². The Labute approximate surface area is 141 Å². The van der Waals surface area contributed by atoms with E-state index >= 15 is 0 Å². The molecular weight excluding hydrogens is 332 g/mol. The summed E-state index contributed by atoms with van der Waals surface area (Å²) in [6.45, 7) is 2.11. The molecule has 1 aliphatic heterocycles. The topological polar surface area (TPSA) is 101 Å². The lowest BCUT2D eigenvalue weighted by atomic mass is 9.93. The minimum atomic E-state index is -0.883. The number of aliphatic carboxylic acids is 1. The van der Waals surface area contributed by atoms with Crippen molar-refractivity contribution in [1.29, 1.82) is 0 Å². The predicted octanol–water partition coefficient (Wildman–Crippen LogP) is 3.13. The number of carboxylic acid groups (broad SMARTS) is 1. The molecule has 0 radical (unpaired) electrons. The maximum absolute atomic E-state index is 12.8. The number of nitro groups is 1. The molecule has 2 unspecified atom stereocenters. The Hall–Kier alpha value is -2.48. The van der Waals surface area contributed by atoms with Crippen LogP contribution in [0.5, 0.6) is 0 Å². The molecule has 1 fully saturated rings. The van der Waals surface area contributed by atoms with E-state index in [0.29, 0.717) is 23.1 Å². The van der Waals surface area contributed by atoms with Gasteiger partial charge in [0.1, 0.15) is 0 Å². The number of fused-ring (bicyclic) bond motifs is 1. The number of nitro benzene ring substituents is 1. The summed E-state index contributed by atoms with van der Waals surface area (Å²) >= 11 is 1.27. The van der Waals surface area contributed by atoms with Gasteiger partial charge < -0.3 is 10.0 Å². The summed E-state index contributed by atoms with van der Waals surface area (Å²) in [5.74, 6) is -1.63. The molecule has 1 aromatic heterocycles. The highest BCUT2D eigenvalue weighted by atomic mass is 32.1. The largest absolute Gasteiger partial charge is 0.481 e. The number of carboxylic acids is 1. The van der Waals surface area contributed by atoms with Crippen molar-refractivity contribution in [3.63, 3.8) is 0 Å². The van der Waals surface area contributed by atoms with Gasteiger partial charge in [0.05, 0.1) is 15.7 Å². The molecule has 7 nitrogen and oxygen atoms in total. The van der Waals surface area contributed by atoms with Crippen LogP contribution in [0.3, 0.4) is 0 Å². The summed E-state index contributed by atoms with van der Waals surface area (Å²) in [4.78, 5) is 36.4. The second-order valence-electron chi connectivity index (χ2n) is 6.01. The summed E-state index contributed by atoms with van der Waals surface area (Å²) in [7, 11) is 0. The fourth-order valence-electron chi connectivity index (χ4n) is 2.98. The van der Waals surface area contributed by atoms with Gasteiger partial charge in [-0.1, -0.05) is 0 Å². The molecule has 0 saturated carbocycles. The summed E-state index contributed by atoms with van der Waals surface area (Å²) < 4.78 is 0.795. The molecule has 1 N–H and O–H groups in total. The molecule has 1 saturated heterocycles. The lowest BCUT2D eigenvalue weighted by Crippen LogP contribution is -2.47. The van der Waals surface area contributed by atoms with Gasteiger partial charge in [-0.05, 0) is 31.9 Å². The number of rotatable bonds is 3. The number of amides is 1. The van der Waals surface area contributed by atoms with Crippen LogP contribution in [0, 0.1) is 16.0 Å². The Morgan fingerprint density at radius 2 is 2.08 bits per heavy atom. The van der Waals surface area contributed by atoms with Gasteiger partial charge in [-0.2, -0.15) is 0 Å². The molecule has 2 aromatic rings. The quantitative estimate of drug-likeness (QED) is 0.678. The molecule has 1 aliphatic rings. The molecule has 3 rings (SSSR count). The van der Waals surface area contributed by atoms with Crippen molar-refractivity contribution in [2.24, 2.45) is 5.92 Å². The summed E-state index contributed by atoms with van der Waals surface area (Å²) in [5.41, 5.74) is -0.0171. The van der Waals surface area contributed by atoms with Gasteiger partial charge in [0.25, 0.3) is 11.6 Å². The third-order valence-corrected chi connectivity index (χ3v) is 5.52. The smallest absolute Gasteiger partial charge is 0.308 e. The van der Waals surface area contributed by atoms with Crippen molar-refractivity contribution in [2.75, 3.05) is 6.54 Å². The number of non-ortho nitro benzene ring substituents is 1. The highest BCUT2D eigenvalue weighted by molar-refractivity contribution is 7.20. The van der Waals surface area contributed by atoms with Crippen LogP contribution in [0.25, 0.3) is 10.1 Å². The minimum absolute atomic E-state index is 0.0171. The lowest BCUT2D eigenvalue weighted by molar-refractivity contribution is -0.384. The van der Waals surface area contributed by atoms with Gasteiger partial charge in [-0.15, -0.1) is 11.3 Å². The first-order chi connectivity index (χ1) is 11.4. The fourth-order valence-corrected chi connectivity index (χ4v) is 3.98. The fraction of sp³-hybridized carbons (Fsp3) is 0.375. The SMILES string of the molecule is CC1CCC(C(=O)O)CN1C(=O)c1cc2cc([N+](=O)[O-])ccc2s1. The predicted molar refractivity (Wildman–Crippen MR) is 89.3 cm³/mol. The van der Waals surface area contributed by atoms with Crippen LogP contribution in [0.1, 0.15) is 29.4 Å². The van der Waals surface area contributed by atoms with Crippen molar-refractivity contribution in [3.05, 3.63) is 39.3 Å². The monoisotopic (exact) mass is 348 g/mol. The molecule has 2 atom stereocenters. The molecule has 8 heteroatoms. The molecule has 126 valence electrons. The van der Waals surface area contributed by atoms with Crippen LogP contribution in [0.15, 0.2) is 24.3 Å². The normalized spacial score (nSPS) is 21.0. The molecule has 1 amide bonds.